The van der Waals surface area contributed by atoms with Crippen LogP contribution in [0.3, 0.4) is 0 Å². The third-order valence-corrected chi connectivity index (χ3v) is 3.84. The summed E-state index contributed by atoms with van der Waals surface area (Å²) in [6.07, 6.45) is 0. The van der Waals surface area contributed by atoms with Gasteiger partial charge in [0.2, 0.25) is 5.91 Å². The van der Waals surface area contributed by atoms with Gasteiger partial charge in [-0.05, 0) is 30.5 Å². The van der Waals surface area contributed by atoms with Gasteiger partial charge in [0.05, 0.1) is 0 Å². The summed E-state index contributed by atoms with van der Waals surface area (Å²) in [5.74, 6) is 0.404. The van der Waals surface area contributed by atoms with Crippen molar-refractivity contribution in [1.82, 2.24) is 15.5 Å². The Morgan fingerprint density at radius 2 is 2.10 bits per heavy atom. The molecule has 0 aromatic heterocycles. The second kappa shape index (κ2) is 6.24. The molecule has 5 heteroatoms. The Bertz CT molecular complexity index is 479. The van der Waals surface area contributed by atoms with Gasteiger partial charge < -0.3 is 15.7 Å². The standard InChI is InChI=1S/C15H23N3O2/c1-10-6-12(7-11(2)14(10)19)9-18-5-4-17-8-13(18)15(20)16-3/h6-7,13,17,19H,4-5,8-9H2,1-3H3,(H,16,20). The zero-order valence-electron chi connectivity index (χ0n) is 12.4. The van der Waals surface area contributed by atoms with Crippen LogP contribution in [-0.2, 0) is 11.3 Å². The van der Waals surface area contributed by atoms with E-state index < -0.39 is 0 Å². The van der Waals surface area contributed by atoms with E-state index in [0.29, 0.717) is 12.3 Å². The van der Waals surface area contributed by atoms with Crippen LogP contribution in [-0.4, -0.2) is 48.6 Å². The lowest BCUT2D eigenvalue weighted by atomic mass is 10.0. The third kappa shape index (κ3) is 3.11. The summed E-state index contributed by atoms with van der Waals surface area (Å²) in [7, 11) is 1.67. The Morgan fingerprint density at radius 3 is 2.70 bits per heavy atom. The lowest BCUT2D eigenvalue weighted by molar-refractivity contribution is -0.126. The average Bonchev–Trinajstić information content (AvgIpc) is 2.44. The molecule has 1 fully saturated rings. The van der Waals surface area contributed by atoms with E-state index >= 15 is 0 Å². The Kier molecular flexibility index (Phi) is 4.62. The van der Waals surface area contributed by atoms with Crippen molar-refractivity contribution in [2.45, 2.75) is 26.4 Å². The molecule has 1 aromatic carbocycles. The van der Waals surface area contributed by atoms with Crippen LogP contribution in [0.1, 0.15) is 16.7 Å². The molecular weight excluding hydrogens is 254 g/mol. The first-order valence-electron chi connectivity index (χ1n) is 6.98. The first kappa shape index (κ1) is 14.8. The van der Waals surface area contributed by atoms with Crippen molar-refractivity contribution >= 4 is 5.91 Å². The van der Waals surface area contributed by atoms with Gasteiger partial charge in [-0.3, -0.25) is 9.69 Å². The van der Waals surface area contributed by atoms with E-state index in [4.69, 9.17) is 0 Å². The number of carbonyl (C=O) groups excluding carboxylic acids is 1. The Labute approximate surface area is 120 Å². The molecule has 20 heavy (non-hydrogen) atoms. The molecular formula is C15H23N3O2. The van der Waals surface area contributed by atoms with Crippen LogP contribution in [0.5, 0.6) is 5.75 Å². The summed E-state index contributed by atoms with van der Waals surface area (Å²) < 4.78 is 0. The molecule has 1 aromatic rings. The molecule has 5 nitrogen and oxygen atoms in total. The molecule has 1 aliphatic rings. The Hall–Kier alpha value is -1.59. The summed E-state index contributed by atoms with van der Waals surface area (Å²) in [6, 6.07) is 3.85. The zero-order chi connectivity index (χ0) is 14.7. The van der Waals surface area contributed by atoms with Crippen LogP contribution in [0.25, 0.3) is 0 Å². The predicted octanol–water partition coefficient (Wildman–Crippen LogP) is 0.529. The molecule has 0 radical (unpaired) electrons. The molecule has 3 N–H and O–H groups in total. The van der Waals surface area contributed by atoms with Crippen LogP contribution in [0.2, 0.25) is 0 Å². The Morgan fingerprint density at radius 1 is 1.45 bits per heavy atom. The number of likely N-dealkylation sites (N-methyl/N-ethyl adjacent to an activating group) is 1. The van der Waals surface area contributed by atoms with Gasteiger partial charge in [-0.15, -0.1) is 0 Å². The van der Waals surface area contributed by atoms with E-state index in [1.807, 2.05) is 26.0 Å². The minimum absolute atomic E-state index is 0.0458. The molecule has 1 amide bonds. The number of carbonyl (C=O) groups is 1. The molecule has 1 atom stereocenters. The number of rotatable bonds is 3. The van der Waals surface area contributed by atoms with Gasteiger partial charge in [0.1, 0.15) is 11.8 Å². The highest BCUT2D eigenvalue weighted by Gasteiger charge is 2.27. The summed E-state index contributed by atoms with van der Waals surface area (Å²) in [6.45, 7) is 6.94. The highest BCUT2D eigenvalue weighted by atomic mass is 16.3. The first-order valence-corrected chi connectivity index (χ1v) is 6.98. The molecule has 0 aliphatic carbocycles. The van der Waals surface area contributed by atoms with E-state index in [-0.39, 0.29) is 11.9 Å². The van der Waals surface area contributed by atoms with Crippen LogP contribution < -0.4 is 10.6 Å². The highest BCUT2D eigenvalue weighted by Crippen LogP contribution is 2.24. The number of aryl methyl sites for hydroxylation is 2. The second-order valence-corrected chi connectivity index (χ2v) is 5.38. The normalized spacial score (nSPS) is 19.9. The smallest absolute Gasteiger partial charge is 0.238 e. The SMILES string of the molecule is CNC(=O)C1CNCCN1Cc1cc(C)c(O)c(C)c1. The molecule has 1 heterocycles. The summed E-state index contributed by atoms with van der Waals surface area (Å²) in [5.41, 5.74) is 2.90. The number of aromatic hydroxyl groups is 1. The van der Waals surface area contributed by atoms with Crippen molar-refractivity contribution in [2.75, 3.05) is 26.7 Å². The number of phenols is 1. The third-order valence-electron chi connectivity index (χ3n) is 3.84. The number of hydrogen-bond donors (Lipinski definition) is 3. The fourth-order valence-electron chi connectivity index (χ4n) is 2.73. The monoisotopic (exact) mass is 277 g/mol. The summed E-state index contributed by atoms with van der Waals surface area (Å²) >= 11 is 0. The quantitative estimate of drug-likeness (QED) is 0.754. The molecule has 1 aliphatic heterocycles. The maximum atomic E-state index is 11.9. The van der Waals surface area contributed by atoms with E-state index in [1.54, 1.807) is 7.05 Å². The van der Waals surface area contributed by atoms with Gasteiger partial charge in [-0.1, -0.05) is 12.1 Å². The number of phenolic OH excluding ortho intramolecular Hbond substituents is 1. The maximum absolute atomic E-state index is 11.9. The minimum atomic E-state index is -0.136. The van der Waals surface area contributed by atoms with Crippen molar-refractivity contribution in [2.24, 2.45) is 0 Å². The van der Waals surface area contributed by atoms with Gasteiger partial charge in [0.15, 0.2) is 0 Å². The van der Waals surface area contributed by atoms with E-state index in [1.165, 1.54) is 0 Å². The zero-order valence-corrected chi connectivity index (χ0v) is 12.4. The molecule has 2 rings (SSSR count). The molecule has 0 spiro atoms. The van der Waals surface area contributed by atoms with E-state index in [0.717, 1.165) is 36.3 Å². The van der Waals surface area contributed by atoms with Crippen molar-refractivity contribution in [1.29, 1.82) is 0 Å². The number of benzene rings is 1. The van der Waals surface area contributed by atoms with Crippen LogP contribution in [0.4, 0.5) is 0 Å². The lowest BCUT2D eigenvalue weighted by Crippen LogP contribution is -2.56. The number of piperazine rings is 1. The Balaban J connectivity index is 2.16. The van der Waals surface area contributed by atoms with E-state index in [9.17, 15) is 9.90 Å². The highest BCUT2D eigenvalue weighted by molar-refractivity contribution is 5.81. The molecule has 0 saturated carbocycles. The van der Waals surface area contributed by atoms with Crippen molar-refractivity contribution in [3.63, 3.8) is 0 Å². The molecule has 1 unspecified atom stereocenters. The molecule has 0 bridgehead atoms. The van der Waals surface area contributed by atoms with Crippen LogP contribution in [0, 0.1) is 13.8 Å². The van der Waals surface area contributed by atoms with Gasteiger partial charge in [-0.25, -0.2) is 0 Å². The lowest BCUT2D eigenvalue weighted by Gasteiger charge is -2.35. The van der Waals surface area contributed by atoms with Gasteiger partial charge in [-0.2, -0.15) is 0 Å². The number of hydrogen-bond acceptors (Lipinski definition) is 4. The van der Waals surface area contributed by atoms with Crippen molar-refractivity contribution in [3.8, 4) is 5.75 Å². The predicted molar refractivity (Wildman–Crippen MR) is 78.7 cm³/mol. The van der Waals surface area contributed by atoms with E-state index in [2.05, 4.69) is 15.5 Å². The minimum Gasteiger partial charge on any atom is -0.507 e. The van der Waals surface area contributed by atoms with Gasteiger partial charge in [0.25, 0.3) is 0 Å². The number of nitrogens with zero attached hydrogens (tertiary/aromatic N) is 1. The number of amides is 1. The first-order chi connectivity index (χ1) is 9.52. The second-order valence-electron chi connectivity index (χ2n) is 5.38. The number of nitrogens with one attached hydrogen (secondary N) is 2. The largest absolute Gasteiger partial charge is 0.507 e. The maximum Gasteiger partial charge on any atom is 0.238 e. The average molecular weight is 277 g/mol. The topological polar surface area (TPSA) is 64.6 Å². The van der Waals surface area contributed by atoms with Crippen molar-refractivity contribution in [3.05, 3.63) is 28.8 Å². The van der Waals surface area contributed by atoms with Gasteiger partial charge in [0, 0.05) is 33.2 Å². The van der Waals surface area contributed by atoms with Crippen molar-refractivity contribution < 1.29 is 9.90 Å². The van der Waals surface area contributed by atoms with Crippen LogP contribution in [0.15, 0.2) is 12.1 Å². The fraction of sp³-hybridized carbons (Fsp3) is 0.533. The van der Waals surface area contributed by atoms with Gasteiger partial charge >= 0.3 is 0 Å². The molecule has 1 saturated heterocycles. The summed E-state index contributed by atoms with van der Waals surface area (Å²) in [4.78, 5) is 14.1. The summed E-state index contributed by atoms with van der Waals surface area (Å²) in [5, 5.41) is 15.8. The van der Waals surface area contributed by atoms with Crippen LogP contribution >= 0.6 is 0 Å². The molecule has 110 valence electrons. The fourth-order valence-corrected chi connectivity index (χ4v) is 2.73.